The van der Waals surface area contributed by atoms with Gasteiger partial charge in [-0.3, -0.25) is 9.89 Å². The molecule has 2 N–H and O–H groups in total. The molecule has 0 fully saturated rings. The lowest BCUT2D eigenvalue weighted by atomic mass is 10.1. The van der Waals surface area contributed by atoms with Crippen molar-refractivity contribution in [3.05, 3.63) is 36.5 Å². The second-order valence-electron chi connectivity index (χ2n) is 4.86. The fraction of sp³-hybridized carbons (Fsp3) is 0.0667. The minimum absolute atomic E-state index is 0.137. The van der Waals surface area contributed by atoms with Gasteiger partial charge in [-0.25, -0.2) is 9.97 Å². The van der Waals surface area contributed by atoms with E-state index < -0.39 is 0 Å². The molecule has 0 aliphatic carbocycles. The fourth-order valence-corrected chi connectivity index (χ4v) is 3.25. The third kappa shape index (κ3) is 2.11. The van der Waals surface area contributed by atoms with Gasteiger partial charge in [0.25, 0.3) is 0 Å². The maximum absolute atomic E-state index is 11.1. The van der Waals surface area contributed by atoms with Crippen molar-refractivity contribution in [3.63, 3.8) is 0 Å². The normalized spacial score (nSPS) is 11.1. The summed E-state index contributed by atoms with van der Waals surface area (Å²) in [6, 6.07) is 9.81. The van der Waals surface area contributed by atoms with Crippen LogP contribution in [0.5, 0.6) is 0 Å². The van der Waals surface area contributed by atoms with Crippen molar-refractivity contribution in [2.75, 3.05) is 5.32 Å². The van der Waals surface area contributed by atoms with Crippen molar-refractivity contribution in [2.45, 2.75) is 6.92 Å². The van der Waals surface area contributed by atoms with Crippen molar-refractivity contribution in [3.8, 4) is 11.3 Å². The number of H-pyrrole nitrogens is 1. The van der Waals surface area contributed by atoms with Crippen LogP contribution in [0.3, 0.4) is 0 Å². The maximum Gasteiger partial charge on any atom is 0.223 e. The molecule has 108 valence electrons. The molecule has 0 spiro atoms. The van der Waals surface area contributed by atoms with Crippen molar-refractivity contribution in [1.82, 2.24) is 20.2 Å². The third-order valence-electron chi connectivity index (χ3n) is 3.30. The first-order valence-corrected chi connectivity index (χ1v) is 7.50. The molecule has 0 unspecified atom stereocenters. The number of rotatable bonds is 2. The van der Waals surface area contributed by atoms with E-state index in [1.165, 1.54) is 18.3 Å². The number of carbonyl (C=O) groups is 1. The van der Waals surface area contributed by atoms with Gasteiger partial charge in [-0.2, -0.15) is 5.10 Å². The SMILES string of the molecule is CC(=O)Nc1nc2ccc(-c3cccc4[nH]ncc34)nc2s1. The van der Waals surface area contributed by atoms with E-state index in [1.807, 2.05) is 30.3 Å². The number of hydrogen-bond acceptors (Lipinski definition) is 5. The second-order valence-corrected chi connectivity index (χ2v) is 5.84. The highest BCUT2D eigenvalue weighted by Crippen LogP contribution is 2.30. The van der Waals surface area contributed by atoms with Crippen LogP contribution in [-0.2, 0) is 4.79 Å². The van der Waals surface area contributed by atoms with Gasteiger partial charge in [-0.1, -0.05) is 23.5 Å². The summed E-state index contributed by atoms with van der Waals surface area (Å²) in [5, 5.41) is 11.3. The van der Waals surface area contributed by atoms with Gasteiger partial charge in [-0.05, 0) is 18.2 Å². The Labute approximate surface area is 129 Å². The number of pyridine rings is 1. The summed E-state index contributed by atoms with van der Waals surface area (Å²) in [5.74, 6) is -0.137. The highest BCUT2D eigenvalue weighted by Gasteiger charge is 2.10. The molecule has 3 aromatic heterocycles. The highest BCUT2D eigenvalue weighted by molar-refractivity contribution is 7.21. The maximum atomic E-state index is 11.1. The standard InChI is InChI=1S/C15H11N5OS/c1-8(21)17-15-19-13-6-5-11(18-14(13)22-15)9-3-2-4-12-10(9)7-16-20-12/h2-7H,1H3,(H,16,20)(H,17,19,21). The zero-order chi connectivity index (χ0) is 15.1. The van der Waals surface area contributed by atoms with Crippen LogP contribution >= 0.6 is 11.3 Å². The van der Waals surface area contributed by atoms with Crippen LogP contribution in [-0.4, -0.2) is 26.1 Å². The fourth-order valence-electron chi connectivity index (χ4n) is 2.36. The van der Waals surface area contributed by atoms with E-state index in [2.05, 4.69) is 25.5 Å². The summed E-state index contributed by atoms with van der Waals surface area (Å²) < 4.78 is 0. The summed E-state index contributed by atoms with van der Waals surface area (Å²) >= 11 is 1.36. The van der Waals surface area contributed by atoms with Crippen molar-refractivity contribution >= 4 is 43.6 Å². The molecule has 6 nitrogen and oxygen atoms in total. The molecule has 4 aromatic rings. The van der Waals surface area contributed by atoms with Crippen molar-refractivity contribution in [1.29, 1.82) is 0 Å². The number of hydrogen-bond donors (Lipinski definition) is 2. The Hall–Kier alpha value is -2.80. The number of carbonyl (C=O) groups excluding carboxylic acids is 1. The Morgan fingerprint density at radius 1 is 1.23 bits per heavy atom. The first kappa shape index (κ1) is 12.9. The lowest BCUT2D eigenvalue weighted by Crippen LogP contribution is -2.04. The molecule has 0 saturated carbocycles. The van der Waals surface area contributed by atoms with Crippen LogP contribution in [0.2, 0.25) is 0 Å². The zero-order valence-electron chi connectivity index (χ0n) is 11.6. The molecule has 7 heteroatoms. The highest BCUT2D eigenvalue weighted by atomic mass is 32.1. The minimum Gasteiger partial charge on any atom is -0.302 e. The molecule has 1 aromatic carbocycles. The molecule has 4 rings (SSSR count). The van der Waals surface area contributed by atoms with Crippen LogP contribution in [0.25, 0.3) is 32.5 Å². The van der Waals surface area contributed by atoms with Crippen LogP contribution in [0.15, 0.2) is 36.5 Å². The lowest BCUT2D eigenvalue weighted by Gasteiger charge is -2.01. The van der Waals surface area contributed by atoms with Crippen molar-refractivity contribution in [2.24, 2.45) is 0 Å². The average molecular weight is 309 g/mol. The number of aromatic amines is 1. The minimum atomic E-state index is -0.137. The van der Waals surface area contributed by atoms with Gasteiger partial charge in [0.05, 0.1) is 17.4 Å². The number of aromatic nitrogens is 4. The smallest absolute Gasteiger partial charge is 0.223 e. The summed E-state index contributed by atoms with van der Waals surface area (Å²) in [6.45, 7) is 1.46. The Bertz CT molecular complexity index is 1000. The number of anilines is 1. The predicted octanol–water partition coefficient (Wildman–Crippen LogP) is 3.19. The van der Waals surface area contributed by atoms with Gasteiger partial charge in [0.2, 0.25) is 5.91 Å². The summed E-state index contributed by atoms with van der Waals surface area (Å²) in [5.41, 5.74) is 3.62. The third-order valence-corrected chi connectivity index (χ3v) is 4.18. The number of thiazole rings is 1. The summed E-state index contributed by atoms with van der Waals surface area (Å²) in [6.07, 6.45) is 1.80. The van der Waals surface area contributed by atoms with Gasteiger partial charge < -0.3 is 5.32 Å². The van der Waals surface area contributed by atoms with E-state index in [9.17, 15) is 4.79 Å². The molecule has 0 aliphatic heterocycles. The van der Waals surface area contributed by atoms with Gasteiger partial charge in [0, 0.05) is 17.9 Å². The number of nitrogens with zero attached hydrogens (tertiary/aromatic N) is 3. The molecule has 1 amide bonds. The topological polar surface area (TPSA) is 83.6 Å². The van der Waals surface area contributed by atoms with E-state index in [0.29, 0.717) is 5.13 Å². The molecule has 22 heavy (non-hydrogen) atoms. The number of amides is 1. The monoisotopic (exact) mass is 309 g/mol. The number of benzene rings is 1. The molecule has 0 aliphatic rings. The second kappa shape index (κ2) is 4.88. The largest absolute Gasteiger partial charge is 0.302 e. The van der Waals surface area contributed by atoms with E-state index >= 15 is 0 Å². The van der Waals surface area contributed by atoms with Gasteiger partial charge >= 0.3 is 0 Å². The van der Waals surface area contributed by atoms with E-state index in [4.69, 9.17) is 0 Å². The van der Waals surface area contributed by atoms with Crippen LogP contribution < -0.4 is 5.32 Å². The zero-order valence-corrected chi connectivity index (χ0v) is 12.4. The first-order chi connectivity index (χ1) is 10.7. The van der Waals surface area contributed by atoms with Crippen LogP contribution in [0.4, 0.5) is 5.13 Å². The molecular weight excluding hydrogens is 298 g/mol. The molecular formula is C15H11N5OS. The van der Waals surface area contributed by atoms with Gasteiger partial charge in [0.1, 0.15) is 10.3 Å². The lowest BCUT2D eigenvalue weighted by molar-refractivity contribution is -0.114. The Kier molecular flexibility index (Phi) is 2.87. The summed E-state index contributed by atoms with van der Waals surface area (Å²) in [4.78, 5) is 20.9. The molecule has 0 radical (unpaired) electrons. The average Bonchev–Trinajstić information content (AvgIpc) is 3.10. The molecule has 0 bridgehead atoms. The van der Waals surface area contributed by atoms with E-state index in [1.54, 1.807) is 6.20 Å². The Morgan fingerprint density at radius 2 is 2.14 bits per heavy atom. The molecule has 3 heterocycles. The number of nitrogens with one attached hydrogen (secondary N) is 2. The Morgan fingerprint density at radius 3 is 3.00 bits per heavy atom. The molecule has 0 saturated heterocycles. The van der Waals surface area contributed by atoms with Gasteiger partial charge in [-0.15, -0.1) is 0 Å². The van der Waals surface area contributed by atoms with E-state index in [-0.39, 0.29) is 5.91 Å². The number of fused-ring (bicyclic) bond motifs is 2. The van der Waals surface area contributed by atoms with E-state index in [0.717, 1.165) is 32.5 Å². The quantitative estimate of drug-likeness (QED) is 0.595. The van der Waals surface area contributed by atoms with Crippen molar-refractivity contribution < 1.29 is 4.79 Å². The first-order valence-electron chi connectivity index (χ1n) is 6.68. The predicted molar refractivity (Wildman–Crippen MR) is 86.8 cm³/mol. The van der Waals surface area contributed by atoms with Crippen LogP contribution in [0, 0.1) is 0 Å². The molecule has 0 atom stereocenters. The van der Waals surface area contributed by atoms with Gasteiger partial charge in [0.15, 0.2) is 5.13 Å². The summed E-state index contributed by atoms with van der Waals surface area (Å²) in [7, 11) is 0. The Balaban J connectivity index is 1.85. The van der Waals surface area contributed by atoms with Crippen LogP contribution in [0.1, 0.15) is 6.92 Å².